The molecule has 0 bridgehead atoms. The third kappa shape index (κ3) is 3.42. The number of hydrogen-bond acceptors (Lipinski definition) is 5. The molecule has 2 aromatic heterocycles. The first-order valence-corrected chi connectivity index (χ1v) is 10.2. The first-order valence-electron chi connectivity index (χ1n) is 10.2. The molecule has 5 heteroatoms. The summed E-state index contributed by atoms with van der Waals surface area (Å²) in [7, 11) is 1.70. The summed E-state index contributed by atoms with van der Waals surface area (Å²) in [4.78, 5) is 4.45. The van der Waals surface area contributed by atoms with Crippen molar-refractivity contribution in [1.82, 2.24) is 4.98 Å². The normalized spacial score (nSPS) is 19.5. The number of nitrogens with zero attached hydrogens (tertiary/aromatic N) is 1. The maximum Gasteiger partial charge on any atom is 0.137 e. The molecule has 0 radical (unpaired) electrons. The predicted molar refractivity (Wildman–Crippen MR) is 117 cm³/mol. The number of furan rings is 1. The van der Waals surface area contributed by atoms with Crippen LogP contribution >= 0.6 is 0 Å². The Morgan fingerprint density at radius 2 is 1.86 bits per heavy atom. The summed E-state index contributed by atoms with van der Waals surface area (Å²) in [5, 5.41) is 6.81. The van der Waals surface area contributed by atoms with Crippen LogP contribution in [0.2, 0.25) is 0 Å². The number of methoxy groups -OCH3 is 1. The molecule has 4 aromatic rings. The summed E-state index contributed by atoms with van der Waals surface area (Å²) in [6.45, 7) is 0. The van der Waals surface area contributed by atoms with Gasteiger partial charge in [-0.1, -0.05) is 18.2 Å². The van der Waals surface area contributed by atoms with Gasteiger partial charge in [0.2, 0.25) is 0 Å². The number of rotatable bonds is 4. The number of nitrogens with two attached hydrogens (primary N) is 1. The molecule has 0 atom stereocenters. The van der Waals surface area contributed by atoms with E-state index in [0.29, 0.717) is 12.1 Å². The molecule has 1 aliphatic rings. The van der Waals surface area contributed by atoms with Crippen LogP contribution < -0.4 is 15.8 Å². The van der Waals surface area contributed by atoms with Gasteiger partial charge in [0.15, 0.2) is 0 Å². The van der Waals surface area contributed by atoms with Gasteiger partial charge in [0.05, 0.1) is 7.11 Å². The zero-order chi connectivity index (χ0) is 19.8. The molecule has 29 heavy (non-hydrogen) atoms. The highest BCUT2D eigenvalue weighted by molar-refractivity contribution is 6.01. The Morgan fingerprint density at radius 1 is 1.03 bits per heavy atom. The fourth-order valence-electron chi connectivity index (χ4n) is 4.30. The lowest BCUT2D eigenvalue weighted by molar-refractivity contribution is 0.410. The first-order chi connectivity index (χ1) is 14.2. The molecule has 0 aliphatic heterocycles. The number of hydrogen-bond donors (Lipinski definition) is 2. The van der Waals surface area contributed by atoms with Crippen molar-refractivity contribution < 1.29 is 9.15 Å². The second-order valence-electron chi connectivity index (χ2n) is 7.87. The number of anilines is 1. The van der Waals surface area contributed by atoms with Gasteiger partial charge in [0, 0.05) is 58.0 Å². The molecule has 2 aromatic carbocycles. The molecular formula is C24H25N3O2. The zero-order valence-electron chi connectivity index (χ0n) is 16.5. The fourth-order valence-corrected chi connectivity index (χ4v) is 4.30. The van der Waals surface area contributed by atoms with E-state index in [1.165, 1.54) is 0 Å². The van der Waals surface area contributed by atoms with E-state index >= 15 is 0 Å². The molecule has 1 aliphatic carbocycles. The summed E-state index contributed by atoms with van der Waals surface area (Å²) in [5.41, 5.74) is 8.95. The van der Waals surface area contributed by atoms with Crippen molar-refractivity contribution in [2.45, 2.75) is 37.8 Å². The van der Waals surface area contributed by atoms with Crippen molar-refractivity contribution in [3.63, 3.8) is 0 Å². The van der Waals surface area contributed by atoms with Crippen molar-refractivity contribution in [2.75, 3.05) is 12.4 Å². The lowest BCUT2D eigenvalue weighted by Crippen LogP contribution is -2.32. The Bertz CT molecular complexity index is 1130. The topological polar surface area (TPSA) is 73.3 Å². The van der Waals surface area contributed by atoms with E-state index in [9.17, 15) is 0 Å². The van der Waals surface area contributed by atoms with Crippen molar-refractivity contribution in [1.29, 1.82) is 0 Å². The molecule has 0 unspecified atom stereocenters. The Morgan fingerprint density at radius 3 is 2.66 bits per heavy atom. The van der Waals surface area contributed by atoms with Gasteiger partial charge in [0.25, 0.3) is 0 Å². The predicted octanol–water partition coefficient (Wildman–Crippen LogP) is 5.34. The molecule has 0 saturated heterocycles. The average molecular weight is 387 g/mol. The molecule has 5 rings (SSSR count). The number of ether oxygens (including phenoxy) is 1. The molecule has 2 heterocycles. The number of nitrogens with one attached hydrogen (secondary N) is 1. The number of pyridine rings is 1. The van der Waals surface area contributed by atoms with E-state index < -0.39 is 0 Å². The Hall–Kier alpha value is -3.05. The number of fused-ring (bicyclic) bond motifs is 2. The Kier molecular flexibility index (Phi) is 4.60. The second-order valence-corrected chi connectivity index (χ2v) is 7.87. The molecule has 1 saturated carbocycles. The van der Waals surface area contributed by atoms with E-state index in [2.05, 4.69) is 34.6 Å². The first kappa shape index (κ1) is 18.0. The highest BCUT2D eigenvalue weighted by Crippen LogP contribution is 2.38. The molecule has 148 valence electrons. The van der Waals surface area contributed by atoms with Crippen molar-refractivity contribution >= 4 is 27.4 Å². The number of benzene rings is 2. The van der Waals surface area contributed by atoms with Crippen LogP contribution in [0.3, 0.4) is 0 Å². The van der Waals surface area contributed by atoms with Gasteiger partial charge < -0.3 is 20.2 Å². The van der Waals surface area contributed by atoms with Crippen LogP contribution in [0.1, 0.15) is 25.7 Å². The van der Waals surface area contributed by atoms with E-state index in [0.717, 1.165) is 70.2 Å². The monoisotopic (exact) mass is 387 g/mol. The van der Waals surface area contributed by atoms with Gasteiger partial charge in [0.1, 0.15) is 17.1 Å². The van der Waals surface area contributed by atoms with Crippen LogP contribution in [0.4, 0.5) is 5.69 Å². The van der Waals surface area contributed by atoms with Crippen molar-refractivity contribution in [3.8, 4) is 17.1 Å². The maximum absolute atomic E-state index is 6.12. The summed E-state index contributed by atoms with van der Waals surface area (Å²) in [6, 6.07) is 15.1. The van der Waals surface area contributed by atoms with Crippen molar-refractivity contribution in [2.24, 2.45) is 5.73 Å². The second kappa shape index (κ2) is 7.41. The maximum atomic E-state index is 6.12. The summed E-state index contributed by atoms with van der Waals surface area (Å²) < 4.78 is 11.8. The number of aromatic nitrogens is 1. The third-order valence-corrected chi connectivity index (χ3v) is 5.89. The van der Waals surface area contributed by atoms with Crippen LogP contribution in [-0.4, -0.2) is 24.2 Å². The molecule has 5 nitrogen and oxygen atoms in total. The summed E-state index contributed by atoms with van der Waals surface area (Å²) in [6.07, 6.45) is 8.03. The summed E-state index contributed by atoms with van der Waals surface area (Å²) >= 11 is 0. The molecule has 1 fully saturated rings. The van der Waals surface area contributed by atoms with Gasteiger partial charge in [-0.25, -0.2) is 0 Å². The minimum absolute atomic E-state index is 0.338. The van der Waals surface area contributed by atoms with Gasteiger partial charge >= 0.3 is 0 Å². The zero-order valence-corrected chi connectivity index (χ0v) is 16.5. The molecule has 0 spiro atoms. The van der Waals surface area contributed by atoms with Gasteiger partial charge in [-0.05, 0) is 43.9 Å². The average Bonchev–Trinajstić information content (AvgIpc) is 3.18. The van der Waals surface area contributed by atoms with Crippen LogP contribution in [0.15, 0.2) is 59.3 Å². The lowest BCUT2D eigenvalue weighted by Gasteiger charge is -2.28. The van der Waals surface area contributed by atoms with Gasteiger partial charge in [-0.2, -0.15) is 0 Å². The fraction of sp³-hybridized carbons (Fsp3) is 0.292. The lowest BCUT2D eigenvalue weighted by atomic mass is 9.91. The summed E-state index contributed by atoms with van der Waals surface area (Å²) in [5.74, 6) is 1.62. The highest BCUT2D eigenvalue weighted by Gasteiger charge is 2.19. The van der Waals surface area contributed by atoms with Crippen LogP contribution in [0.5, 0.6) is 5.75 Å². The molecule has 0 amide bonds. The Labute approximate surface area is 169 Å². The van der Waals surface area contributed by atoms with Crippen LogP contribution in [0.25, 0.3) is 33.1 Å². The standard InChI is InChI=1S/C24H25N3O2/c1-28-23-12-18(27-17-8-6-16(25)7-9-17)11-19-20(23)13-26-14-21(19)24-10-15-4-2-3-5-22(15)29-24/h2-5,10-14,16-17,27H,6-9,25H2,1H3/t16-,17-. The highest BCUT2D eigenvalue weighted by atomic mass is 16.5. The minimum atomic E-state index is 0.338. The smallest absolute Gasteiger partial charge is 0.137 e. The largest absolute Gasteiger partial charge is 0.496 e. The van der Waals surface area contributed by atoms with Crippen LogP contribution in [0, 0.1) is 0 Å². The minimum Gasteiger partial charge on any atom is -0.496 e. The van der Waals surface area contributed by atoms with Crippen molar-refractivity contribution in [3.05, 3.63) is 54.9 Å². The van der Waals surface area contributed by atoms with E-state index in [1.807, 2.05) is 30.6 Å². The third-order valence-electron chi connectivity index (χ3n) is 5.89. The quantitative estimate of drug-likeness (QED) is 0.494. The van der Waals surface area contributed by atoms with Gasteiger partial charge in [-0.15, -0.1) is 0 Å². The Balaban J connectivity index is 1.59. The molecule has 3 N–H and O–H groups in total. The van der Waals surface area contributed by atoms with E-state index in [4.69, 9.17) is 14.9 Å². The SMILES string of the molecule is COc1cc(N[C@H]2CC[C@H](N)CC2)cc2c(-c3cc4ccccc4o3)cncc12. The van der Waals surface area contributed by atoms with Gasteiger partial charge in [-0.3, -0.25) is 4.98 Å². The number of para-hydroxylation sites is 1. The van der Waals surface area contributed by atoms with Crippen LogP contribution in [-0.2, 0) is 0 Å². The molecular weight excluding hydrogens is 362 g/mol. The van der Waals surface area contributed by atoms with E-state index in [-0.39, 0.29) is 0 Å². The van der Waals surface area contributed by atoms with E-state index in [1.54, 1.807) is 7.11 Å².